The highest BCUT2D eigenvalue weighted by atomic mass is 35.5. The summed E-state index contributed by atoms with van der Waals surface area (Å²) in [4.78, 5) is 27.4. The smallest absolute Gasteiger partial charge is 0.295 e. The van der Waals surface area contributed by atoms with E-state index in [0.29, 0.717) is 28.5 Å². The third-order valence-electron chi connectivity index (χ3n) is 5.49. The standard InChI is InChI=1S/C23H22ClNO5/c1-29-17-9-7-14(8-10-17)21(26)19-20(15-4-2-5-16(24)12-15)25(23(28)22(19)27)13-18-6-3-11-30-18/h2,4-5,7-10,12,18,20,26H,3,6,11,13H2,1H3. The van der Waals surface area contributed by atoms with E-state index in [9.17, 15) is 14.7 Å². The molecule has 156 valence electrons. The highest BCUT2D eigenvalue weighted by molar-refractivity contribution is 6.46. The quantitative estimate of drug-likeness (QED) is 0.444. The Labute approximate surface area is 179 Å². The molecule has 2 fully saturated rings. The number of likely N-dealkylation sites (tertiary alicyclic amines) is 1. The molecule has 30 heavy (non-hydrogen) atoms. The van der Waals surface area contributed by atoms with Crippen molar-refractivity contribution < 1.29 is 24.2 Å². The number of methoxy groups -OCH3 is 1. The number of amides is 1. The Morgan fingerprint density at radius 3 is 2.63 bits per heavy atom. The molecule has 2 aromatic carbocycles. The molecule has 2 aromatic rings. The first-order valence-corrected chi connectivity index (χ1v) is 10.2. The number of ether oxygens (including phenoxy) is 2. The van der Waals surface area contributed by atoms with Crippen molar-refractivity contribution >= 4 is 29.1 Å². The fourth-order valence-corrected chi connectivity index (χ4v) is 4.20. The number of rotatable bonds is 5. The number of carbonyl (C=O) groups is 2. The Morgan fingerprint density at radius 1 is 1.23 bits per heavy atom. The van der Waals surface area contributed by atoms with Crippen LogP contribution in [0.15, 0.2) is 54.1 Å². The van der Waals surface area contributed by atoms with Crippen LogP contribution in [0.1, 0.15) is 30.0 Å². The first-order valence-electron chi connectivity index (χ1n) is 9.79. The fourth-order valence-electron chi connectivity index (χ4n) is 4.00. The second kappa shape index (κ2) is 8.50. The van der Waals surface area contributed by atoms with E-state index in [0.717, 1.165) is 12.8 Å². The second-order valence-corrected chi connectivity index (χ2v) is 7.81. The van der Waals surface area contributed by atoms with Gasteiger partial charge in [-0.3, -0.25) is 9.59 Å². The number of nitrogens with zero attached hydrogens (tertiary/aromatic N) is 1. The number of hydrogen-bond donors (Lipinski definition) is 1. The summed E-state index contributed by atoms with van der Waals surface area (Å²) in [6.07, 6.45) is 1.61. The zero-order valence-electron chi connectivity index (χ0n) is 16.5. The number of halogens is 1. The normalized spacial score (nSPS) is 23.2. The van der Waals surface area contributed by atoms with E-state index < -0.39 is 17.7 Å². The number of carbonyl (C=O) groups excluding carboxylic acids is 2. The van der Waals surface area contributed by atoms with E-state index in [2.05, 4.69) is 0 Å². The lowest BCUT2D eigenvalue weighted by molar-refractivity contribution is -0.140. The number of hydrogen-bond acceptors (Lipinski definition) is 5. The third-order valence-corrected chi connectivity index (χ3v) is 5.73. The van der Waals surface area contributed by atoms with Crippen LogP contribution in [-0.2, 0) is 14.3 Å². The first kappa shape index (κ1) is 20.4. The van der Waals surface area contributed by atoms with Gasteiger partial charge in [0.1, 0.15) is 11.5 Å². The topological polar surface area (TPSA) is 76.1 Å². The van der Waals surface area contributed by atoms with Crippen LogP contribution in [0.4, 0.5) is 0 Å². The molecular formula is C23H22ClNO5. The third kappa shape index (κ3) is 3.80. The molecule has 0 radical (unpaired) electrons. The maximum Gasteiger partial charge on any atom is 0.295 e. The molecule has 2 heterocycles. The first-order chi connectivity index (χ1) is 14.5. The lowest BCUT2D eigenvalue weighted by Gasteiger charge is -2.27. The molecule has 0 saturated carbocycles. The molecule has 2 saturated heterocycles. The van der Waals surface area contributed by atoms with Gasteiger partial charge in [0.05, 0.1) is 24.8 Å². The van der Waals surface area contributed by atoms with Crippen molar-refractivity contribution in [1.29, 1.82) is 0 Å². The molecule has 1 amide bonds. The summed E-state index contributed by atoms with van der Waals surface area (Å²) < 4.78 is 10.8. The van der Waals surface area contributed by atoms with Crippen LogP contribution < -0.4 is 4.74 Å². The average Bonchev–Trinajstić information content (AvgIpc) is 3.36. The van der Waals surface area contributed by atoms with E-state index in [1.165, 1.54) is 4.90 Å². The summed E-state index contributed by atoms with van der Waals surface area (Å²) in [5.41, 5.74) is 1.14. The Kier molecular flexibility index (Phi) is 5.79. The molecule has 0 aliphatic carbocycles. The summed E-state index contributed by atoms with van der Waals surface area (Å²) >= 11 is 6.19. The van der Waals surface area contributed by atoms with Crippen LogP contribution in [0.2, 0.25) is 5.02 Å². The van der Waals surface area contributed by atoms with E-state index >= 15 is 0 Å². The minimum Gasteiger partial charge on any atom is -0.507 e. The Bertz CT molecular complexity index is 995. The van der Waals surface area contributed by atoms with Gasteiger partial charge in [-0.05, 0) is 54.8 Å². The van der Waals surface area contributed by atoms with Gasteiger partial charge in [-0.2, -0.15) is 0 Å². The second-order valence-electron chi connectivity index (χ2n) is 7.37. The molecule has 0 spiro atoms. The molecule has 6 nitrogen and oxygen atoms in total. The zero-order valence-corrected chi connectivity index (χ0v) is 17.3. The highest BCUT2D eigenvalue weighted by Gasteiger charge is 2.47. The SMILES string of the molecule is COc1ccc(C(O)=C2C(=O)C(=O)N(CC3CCCO3)C2c2cccc(Cl)c2)cc1. The minimum absolute atomic E-state index is 0.0467. The Balaban J connectivity index is 1.81. The molecule has 0 aromatic heterocycles. The van der Waals surface area contributed by atoms with Gasteiger partial charge in [0.2, 0.25) is 0 Å². The van der Waals surface area contributed by atoms with Crippen molar-refractivity contribution in [2.75, 3.05) is 20.3 Å². The summed E-state index contributed by atoms with van der Waals surface area (Å²) in [6, 6.07) is 12.9. The van der Waals surface area contributed by atoms with Crippen molar-refractivity contribution in [2.45, 2.75) is 25.0 Å². The Hall–Kier alpha value is -2.83. The van der Waals surface area contributed by atoms with Crippen LogP contribution in [0, 0.1) is 0 Å². The molecule has 7 heteroatoms. The Morgan fingerprint density at radius 2 is 2.00 bits per heavy atom. The van der Waals surface area contributed by atoms with Gasteiger partial charge in [-0.25, -0.2) is 0 Å². The fraction of sp³-hybridized carbons (Fsp3) is 0.304. The van der Waals surface area contributed by atoms with Gasteiger partial charge in [0.15, 0.2) is 0 Å². The number of ketones is 1. The number of aliphatic hydroxyl groups is 1. The molecule has 2 atom stereocenters. The lowest BCUT2D eigenvalue weighted by Crippen LogP contribution is -2.36. The van der Waals surface area contributed by atoms with Crippen molar-refractivity contribution in [3.8, 4) is 5.75 Å². The van der Waals surface area contributed by atoms with Crippen LogP contribution in [0.3, 0.4) is 0 Å². The monoisotopic (exact) mass is 427 g/mol. The molecule has 2 aliphatic heterocycles. The summed E-state index contributed by atoms with van der Waals surface area (Å²) in [5, 5.41) is 11.5. The van der Waals surface area contributed by atoms with Crippen molar-refractivity contribution in [2.24, 2.45) is 0 Å². The van der Waals surface area contributed by atoms with Crippen LogP contribution >= 0.6 is 11.6 Å². The highest BCUT2D eigenvalue weighted by Crippen LogP contribution is 2.40. The van der Waals surface area contributed by atoms with Gasteiger partial charge < -0.3 is 19.5 Å². The lowest BCUT2D eigenvalue weighted by atomic mass is 9.95. The van der Waals surface area contributed by atoms with Crippen LogP contribution in [0.25, 0.3) is 5.76 Å². The van der Waals surface area contributed by atoms with Crippen molar-refractivity contribution in [3.05, 3.63) is 70.3 Å². The zero-order chi connectivity index (χ0) is 21.3. The van der Waals surface area contributed by atoms with Crippen molar-refractivity contribution in [1.82, 2.24) is 4.90 Å². The number of aliphatic hydroxyl groups excluding tert-OH is 1. The molecule has 2 aliphatic rings. The van der Waals surface area contributed by atoms with E-state index in [4.69, 9.17) is 21.1 Å². The molecule has 2 unspecified atom stereocenters. The summed E-state index contributed by atoms with van der Waals surface area (Å²) in [7, 11) is 1.55. The molecule has 1 N–H and O–H groups in total. The minimum atomic E-state index is -0.741. The maximum absolute atomic E-state index is 13.0. The summed E-state index contributed by atoms with van der Waals surface area (Å²) in [6.45, 7) is 0.920. The van der Waals surface area contributed by atoms with Gasteiger partial charge in [-0.1, -0.05) is 23.7 Å². The largest absolute Gasteiger partial charge is 0.507 e. The van der Waals surface area contributed by atoms with Crippen molar-refractivity contribution in [3.63, 3.8) is 0 Å². The van der Waals surface area contributed by atoms with E-state index in [1.807, 2.05) is 0 Å². The van der Waals surface area contributed by atoms with E-state index in [-0.39, 0.29) is 24.0 Å². The maximum atomic E-state index is 13.0. The number of Topliss-reactive ketones (excluding diaryl/α,β-unsaturated/α-hetero) is 1. The van der Waals surface area contributed by atoms with Crippen LogP contribution in [0.5, 0.6) is 5.75 Å². The van der Waals surface area contributed by atoms with Gasteiger partial charge in [-0.15, -0.1) is 0 Å². The molecule has 0 bridgehead atoms. The molecular weight excluding hydrogens is 406 g/mol. The van der Waals surface area contributed by atoms with Gasteiger partial charge >= 0.3 is 0 Å². The van der Waals surface area contributed by atoms with Gasteiger partial charge in [0.25, 0.3) is 11.7 Å². The molecule has 4 rings (SSSR count). The van der Waals surface area contributed by atoms with Gasteiger partial charge in [0, 0.05) is 23.7 Å². The average molecular weight is 428 g/mol. The predicted octanol–water partition coefficient (Wildman–Crippen LogP) is 3.95. The predicted molar refractivity (Wildman–Crippen MR) is 112 cm³/mol. The van der Waals surface area contributed by atoms with E-state index in [1.54, 1.807) is 55.6 Å². The number of benzene rings is 2. The summed E-state index contributed by atoms with van der Waals surface area (Å²) in [5.74, 6) is -0.968. The van der Waals surface area contributed by atoms with Crippen LogP contribution in [-0.4, -0.2) is 48.1 Å².